The fourth-order valence-corrected chi connectivity index (χ4v) is 2.06. The van der Waals surface area contributed by atoms with E-state index in [0.717, 1.165) is 24.2 Å². The van der Waals surface area contributed by atoms with Crippen LogP contribution in [0.4, 0.5) is 13.2 Å². The van der Waals surface area contributed by atoms with Gasteiger partial charge in [-0.15, -0.1) is 0 Å². The Morgan fingerprint density at radius 2 is 1.67 bits per heavy atom. The lowest BCUT2D eigenvalue weighted by Gasteiger charge is -2.22. The van der Waals surface area contributed by atoms with Gasteiger partial charge in [0.1, 0.15) is 0 Å². The molecule has 0 atom stereocenters. The zero-order valence-corrected chi connectivity index (χ0v) is 13.0. The first-order chi connectivity index (χ1) is 9.80. The summed E-state index contributed by atoms with van der Waals surface area (Å²) < 4.78 is 37.2. The van der Waals surface area contributed by atoms with E-state index in [1.54, 1.807) is 6.92 Å². The monoisotopic (exact) mass is 302 g/mol. The Kier molecular flexibility index (Phi) is 7.18. The fraction of sp³-hybridized carbons (Fsp3) is 0.625. The van der Waals surface area contributed by atoms with Crippen molar-refractivity contribution in [2.75, 3.05) is 19.6 Å². The Bertz CT molecular complexity index is 399. The second-order valence-electron chi connectivity index (χ2n) is 5.76. The van der Waals surface area contributed by atoms with Crippen molar-refractivity contribution in [1.82, 2.24) is 10.2 Å². The third-order valence-corrected chi connectivity index (χ3v) is 3.16. The van der Waals surface area contributed by atoms with Gasteiger partial charge in [0, 0.05) is 13.1 Å². The Morgan fingerprint density at radius 1 is 1.10 bits per heavy atom. The molecule has 1 rings (SSSR count). The second-order valence-corrected chi connectivity index (χ2v) is 5.76. The molecule has 0 unspecified atom stereocenters. The van der Waals surface area contributed by atoms with Gasteiger partial charge in [0.2, 0.25) is 0 Å². The molecule has 0 aromatic heterocycles. The molecular formula is C16H25F3N2. The lowest BCUT2D eigenvalue weighted by molar-refractivity contribution is -0.146. The van der Waals surface area contributed by atoms with Crippen LogP contribution < -0.4 is 5.32 Å². The average Bonchev–Trinajstić information content (AvgIpc) is 2.38. The van der Waals surface area contributed by atoms with E-state index >= 15 is 0 Å². The maximum absolute atomic E-state index is 12.4. The SMILES string of the molecule is CCN(Cc1ccc(CNCC(C)C)cc1)CC(F)(F)F. The summed E-state index contributed by atoms with van der Waals surface area (Å²) in [6, 6.07) is 7.77. The number of nitrogens with zero attached hydrogens (tertiary/aromatic N) is 1. The van der Waals surface area contributed by atoms with E-state index in [-0.39, 0.29) is 0 Å². The van der Waals surface area contributed by atoms with Crippen LogP contribution in [0.3, 0.4) is 0 Å². The van der Waals surface area contributed by atoms with Crippen LogP contribution in [0.15, 0.2) is 24.3 Å². The van der Waals surface area contributed by atoms with Gasteiger partial charge >= 0.3 is 6.18 Å². The highest BCUT2D eigenvalue weighted by Crippen LogP contribution is 2.18. The van der Waals surface area contributed by atoms with Crippen molar-refractivity contribution in [2.24, 2.45) is 5.92 Å². The number of nitrogens with one attached hydrogen (secondary N) is 1. The van der Waals surface area contributed by atoms with Crippen molar-refractivity contribution in [3.63, 3.8) is 0 Å². The molecule has 0 bridgehead atoms. The number of benzene rings is 1. The van der Waals surface area contributed by atoms with Crippen LogP contribution in [0.25, 0.3) is 0 Å². The summed E-state index contributed by atoms with van der Waals surface area (Å²) in [4.78, 5) is 1.39. The standard InChI is InChI=1S/C16H25F3N2/c1-4-21(12-16(17,18)19)11-15-7-5-14(6-8-15)10-20-9-13(2)3/h5-8,13,20H,4,9-12H2,1-3H3. The summed E-state index contributed by atoms with van der Waals surface area (Å²) in [6.45, 7) is 7.64. The van der Waals surface area contributed by atoms with Gasteiger partial charge < -0.3 is 5.32 Å². The molecule has 0 radical (unpaired) electrons. The number of alkyl halides is 3. The number of hydrogen-bond donors (Lipinski definition) is 1. The molecule has 0 aliphatic heterocycles. The van der Waals surface area contributed by atoms with Gasteiger partial charge in [-0.25, -0.2) is 0 Å². The predicted octanol–water partition coefficient (Wildman–Crippen LogP) is 3.82. The maximum Gasteiger partial charge on any atom is 0.401 e. The zero-order chi connectivity index (χ0) is 15.9. The van der Waals surface area contributed by atoms with Gasteiger partial charge in [0.15, 0.2) is 0 Å². The summed E-state index contributed by atoms with van der Waals surface area (Å²) in [5.41, 5.74) is 2.06. The molecule has 1 aromatic carbocycles. The third-order valence-electron chi connectivity index (χ3n) is 3.16. The Labute approximate surface area is 125 Å². The van der Waals surface area contributed by atoms with Crippen molar-refractivity contribution in [3.05, 3.63) is 35.4 Å². The molecule has 0 amide bonds. The molecule has 0 spiro atoms. The van der Waals surface area contributed by atoms with Crippen molar-refractivity contribution in [1.29, 1.82) is 0 Å². The molecule has 1 aromatic rings. The van der Waals surface area contributed by atoms with Gasteiger partial charge in [0.05, 0.1) is 6.54 Å². The molecule has 0 saturated carbocycles. The molecule has 0 fully saturated rings. The van der Waals surface area contributed by atoms with Crippen LogP contribution in [0, 0.1) is 5.92 Å². The van der Waals surface area contributed by atoms with Crippen molar-refractivity contribution >= 4 is 0 Å². The van der Waals surface area contributed by atoms with Crippen molar-refractivity contribution in [2.45, 2.75) is 40.0 Å². The normalized spacial score (nSPS) is 12.4. The van der Waals surface area contributed by atoms with E-state index in [4.69, 9.17) is 0 Å². The zero-order valence-electron chi connectivity index (χ0n) is 13.0. The topological polar surface area (TPSA) is 15.3 Å². The minimum Gasteiger partial charge on any atom is -0.312 e. The molecule has 1 N–H and O–H groups in total. The van der Waals surface area contributed by atoms with E-state index in [2.05, 4.69) is 19.2 Å². The van der Waals surface area contributed by atoms with Crippen LogP contribution in [-0.2, 0) is 13.1 Å². The Balaban J connectivity index is 2.49. The smallest absolute Gasteiger partial charge is 0.312 e. The lowest BCUT2D eigenvalue weighted by Crippen LogP contribution is -2.33. The predicted molar refractivity (Wildman–Crippen MR) is 80.0 cm³/mol. The number of rotatable bonds is 8. The summed E-state index contributed by atoms with van der Waals surface area (Å²) >= 11 is 0. The highest BCUT2D eigenvalue weighted by molar-refractivity contribution is 5.22. The molecule has 0 aliphatic carbocycles. The van der Waals surface area contributed by atoms with Gasteiger partial charge in [-0.2, -0.15) is 13.2 Å². The van der Waals surface area contributed by atoms with E-state index in [1.165, 1.54) is 4.90 Å². The van der Waals surface area contributed by atoms with Gasteiger partial charge in [0.25, 0.3) is 0 Å². The van der Waals surface area contributed by atoms with Crippen LogP contribution >= 0.6 is 0 Å². The molecule has 2 nitrogen and oxygen atoms in total. The minimum absolute atomic E-state index is 0.329. The highest BCUT2D eigenvalue weighted by atomic mass is 19.4. The van der Waals surface area contributed by atoms with E-state index in [9.17, 15) is 13.2 Å². The summed E-state index contributed by atoms with van der Waals surface area (Å²) in [5.74, 6) is 0.602. The highest BCUT2D eigenvalue weighted by Gasteiger charge is 2.29. The van der Waals surface area contributed by atoms with E-state index < -0.39 is 12.7 Å². The quantitative estimate of drug-likeness (QED) is 0.785. The van der Waals surface area contributed by atoms with Gasteiger partial charge in [-0.1, -0.05) is 45.0 Å². The van der Waals surface area contributed by atoms with Crippen molar-refractivity contribution < 1.29 is 13.2 Å². The molecule has 0 heterocycles. The van der Waals surface area contributed by atoms with E-state index in [1.807, 2.05) is 24.3 Å². The first kappa shape index (κ1) is 18.0. The third kappa shape index (κ3) is 8.07. The molecule has 0 aliphatic rings. The first-order valence-electron chi connectivity index (χ1n) is 7.37. The Morgan fingerprint density at radius 3 is 2.14 bits per heavy atom. The van der Waals surface area contributed by atoms with Crippen molar-refractivity contribution in [3.8, 4) is 0 Å². The fourth-order valence-electron chi connectivity index (χ4n) is 2.06. The summed E-state index contributed by atoms with van der Waals surface area (Å²) in [6.07, 6.45) is -4.14. The maximum atomic E-state index is 12.4. The molecule has 21 heavy (non-hydrogen) atoms. The van der Waals surface area contributed by atoms with Crippen LogP contribution in [0.1, 0.15) is 31.9 Å². The van der Waals surface area contributed by atoms with Crippen LogP contribution in [0.5, 0.6) is 0 Å². The number of hydrogen-bond acceptors (Lipinski definition) is 2. The van der Waals surface area contributed by atoms with Gasteiger partial charge in [-0.3, -0.25) is 4.90 Å². The molecule has 5 heteroatoms. The second kappa shape index (κ2) is 8.39. The summed E-state index contributed by atoms with van der Waals surface area (Å²) in [5, 5.41) is 3.34. The molecule has 0 saturated heterocycles. The van der Waals surface area contributed by atoms with E-state index in [0.29, 0.717) is 19.0 Å². The molecular weight excluding hydrogens is 277 g/mol. The van der Waals surface area contributed by atoms with Crippen LogP contribution in [-0.4, -0.2) is 30.7 Å². The molecule has 120 valence electrons. The van der Waals surface area contributed by atoms with Gasteiger partial charge in [-0.05, 0) is 30.1 Å². The first-order valence-corrected chi connectivity index (χ1v) is 7.37. The number of halogens is 3. The average molecular weight is 302 g/mol. The lowest BCUT2D eigenvalue weighted by atomic mass is 10.1. The Hall–Kier alpha value is -1.07. The summed E-state index contributed by atoms with van der Waals surface area (Å²) in [7, 11) is 0. The van der Waals surface area contributed by atoms with Crippen LogP contribution in [0.2, 0.25) is 0 Å². The largest absolute Gasteiger partial charge is 0.401 e. The minimum atomic E-state index is -4.14.